The van der Waals surface area contributed by atoms with E-state index >= 15 is 0 Å². The van der Waals surface area contributed by atoms with Gasteiger partial charge in [-0.15, -0.1) is 0 Å². The van der Waals surface area contributed by atoms with Gasteiger partial charge in [-0.3, -0.25) is 0 Å². The van der Waals surface area contributed by atoms with Crippen molar-refractivity contribution >= 4 is 6.09 Å². The van der Waals surface area contributed by atoms with Gasteiger partial charge in [-0.05, 0) is 76.4 Å². The third-order valence-electron chi connectivity index (χ3n) is 5.11. The third-order valence-corrected chi connectivity index (χ3v) is 5.11. The van der Waals surface area contributed by atoms with Gasteiger partial charge in [0, 0.05) is 13.1 Å². The van der Waals surface area contributed by atoms with Crippen LogP contribution in [0, 0.1) is 17.8 Å². The lowest BCUT2D eigenvalue weighted by Crippen LogP contribution is -2.36. The number of ether oxygens (including phenoxy) is 1. The minimum absolute atomic E-state index is 0.171. The van der Waals surface area contributed by atoms with Crippen LogP contribution in [0.4, 0.5) is 4.79 Å². The average Bonchev–Trinajstić information content (AvgIpc) is 3.28. The lowest BCUT2D eigenvalue weighted by Gasteiger charge is -2.24. The number of hydrogen-bond donors (Lipinski definition) is 1. The predicted octanol–water partition coefficient (Wildman–Crippen LogP) is 3.71. The molecule has 25 heavy (non-hydrogen) atoms. The highest BCUT2D eigenvalue weighted by atomic mass is 16.6. The smallest absolute Gasteiger partial charge is 0.410 e. The maximum absolute atomic E-state index is 12.5. The maximum atomic E-state index is 12.5. The Bertz CT molecular complexity index is 563. The monoisotopic (exact) mass is 344 g/mol. The molecular weight excluding hydrogens is 312 g/mol. The molecule has 2 atom stereocenters. The molecule has 1 N–H and O–H groups in total. The zero-order chi connectivity index (χ0) is 17.9. The van der Waals surface area contributed by atoms with Crippen LogP contribution in [0.5, 0.6) is 0 Å². The summed E-state index contributed by atoms with van der Waals surface area (Å²) in [7, 11) is 0. The molecule has 0 bridgehead atoms. The van der Waals surface area contributed by atoms with E-state index in [1.807, 2.05) is 25.7 Å². The molecule has 4 nitrogen and oxygen atoms in total. The number of benzene rings is 1. The van der Waals surface area contributed by atoms with E-state index in [9.17, 15) is 4.79 Å². The first kappa shape index (κ1) is 18.2. The molecule has 4 heteroatoms. The van der Waals surface area contributed by atoms with Crippen LogP contribution < -0.4 is 5.32 Å². The van der Waals surface area contributed by atoms with Gasteiger partial charge in [-0.2, -0.15) is 0 Å². The predicted molar refractivity (Wildman–Crippen MR) is 101 cm³/mol. The summed E-state index contributed by atoms with van der Waals surface area (Å²) in [5, 5.41) is 3.63. The number of rotatable bonds is 6. The van der Waals surface area contributed by atoms with Gasteiger partial charge in [-0.25, -0.2) is 4.79 Å². The summed E-state index contributed by atoms with van der Waals surface area (Å²) in [5.74, 6) is 1.86. The molecule has 3 rings (SSSR count). The number of nitrogens with zero attached hydrogens (tertiary/aromatic N) is 1. The van der Waals surface area contributed by atoms with Crippen LogP contribution in [0.15, 0.2) is 30.3 Å². The fraction of sp³-hybridized carbons (Fsp3) is 0.667. The molecule has 1 aliphatic heterocycles. The van der Waals surface area contributed by atoms with E-state index in [1.165, 1.54) is 18.4 Å². The van der Waals surface area contributed by atoms with Crippen molar-refractivity contribution in [1.29, 1.82) is 0 Å². The maximum Gasteiger partial charge on any atom is 0.410 e. The Morgan fingerprint density at radius 1 is 1.12 bits per heavy atom. The Morgan fingerprint density at radius 2 is 1.80 bits per heavy atom. The second kappa shape index (κ2) is 7.77. The first-order chi connectivity index (χ1) is 11.9. The molecule has 1 aromatic carbocycles. The van der Waals surface area contributed by atoms with Crippen LogP contribution in [-0.2, 0) is 11.2 Å². The summed E-state index contributed by atoms with van der Waals surface area (Å²) in [6.45, 7) is 9.49. The van der Waals surface area contributed by atoms with Gasteiger partial charge in [0.25, 0.3) is 0 Å². The van der Waals surface area contributed by atoms with Gasteiger partial charge in [0.1, 0.15) is 5.60 Å². The van der Waals surface area contributed by atoms with Crippen LogP contribution in [0.1, 0.15) is 39.2 Å². The van der Waals surface area contributed by atoms with Crippen molar-refractivity contribution in [1.82, 2.24) is 10.2 Å². The van der Waals surface area contributed by atoms with Crippen molar-refractivity contribution < 1.29 is 9.53 Å². The fourth-order valence-electron chi connectivity index (χ4n) is 3.59. The Hall–Kier alpha value is -1.55. The van der Waals surface area contributed by atoms with Gasteiger partial charge >= 0.3 is 6.09 Å². The zero-order valence-corrected chi connectivity index (χ0v) is 15.8. The van der Waals surface area contributed by atoms with Crippen molar-refractivity contribution in [2.24, 2.45) is 17.8 Å². The van der Waals surface area contributed by atoms with E-state index in [0.717, 1.165) is 38.5 Å². The molecule has 0 radical (unpaired) electrons. The molecule has 2 aliphatic rings. The fourth-order valence-corrected chi connectivity index (χ4v) is 3.59. The quantitative estimate of drug-likeness (QED) is 0.855. The second-order valence-electron chi connectivity index (χ2n) is 8.70. The van der Waals surface area contributed by atoms with Crippen molar-refractivity contribution in [3.8, 4) is 0 Å². The lowest BCUT2D eigenvalue weighted by atomic mass is 9.89. The molecule has 0 unspecified atom stereocenters. The van der Waals surface area contributed by atoms with E-state index in [2.05, 4.69) is 35.6 Å². The first-order valence-corrected chi connectivity index (χ1v) is 9.63. The van der Waals surface area contributed by atoms with Gasteiger partial charge in [0.15, 0.2) is 0 Å². The summed E-state index contributed by atoms with van der Waals surface area (Å²) in [5.41, 5.74) is 0.916. The van der Waals surface area contributed by atoms with Crippen LogP contribution in [0.2, 0.25) is 0 Å². The van der Waals surface area contributed by atoms with E-state index in [0.29, 0.717) is 11.8 Å². The molecule has 138 valence electrons. The molecule has 2 fully saturated rings. The Kier molecular flexibility index (Phi) is 5.67. The summed E-state index contributed by atoms with van der Waals surface area (Å²) >= 11 is 0. The number of carbonyl (C=O) groups is 1. The van der Waals surface area contributed by atoms with Crippen molar-refractivity contribution in [3.05, 3.63) is 35.9 Å². The van der Waals surface area contributed by atoms with E-state index in [4.69, 9.17) is 4.74 Å². The third kappa shape index (κ3) is 5.74. The van der Waals surface area contributed by atoms with E-state index < -0.39 is 5.60 Å². The molecule has 1 aromatic rings. The SMILES string of the molecule is CC(C)(C)OC(=O)N1C[C@@H](Cc2ccccc2)[C@@H](CNCC2CC2)C1. The molecular formula is C21H32N2O2. The number of carbonyl (C=O) groups excluding carboxylic acids is 1. The number of nitrogens with one attached hydrogen (secondary N) is 1. The Morgan fingerprint density at radius 3 is 2.44 bits per heavy atom. The summed E-state index contributed by atoms with van der Waals surface area (Å²) in [4.78, 5) is 14.4. The second-order valence-corrected chi connectivity index (χ2v) is 8.70. The van der Waals surface area contributed by atoms with Crippen LogP contribution >= 0.6 is 0 Å². The minimum Gasteiger partial charge on any atom is -0.444 e. The van der Waals surface area contributed by atoms with Crippen LogP contribution in [0.25, 0.3) is 0 Å². The molecule has 1 aliphatic carbocycles. The van der Waals surface area contributed by atoms with Gasteiger partial charge in [0.05, 0.1) is 0 Å². The zero-order valence-electron chi connectivity index (χ0n) is 15.8. The molecule has 1 amide bonds. The van der Waals surface area contributed by atoms with Crippen LogP contribution in [-0.4, -0.2) is 42.8 Å². The van der Waals surface area contributed by atoms with Gasteiger partial charge in [0.2, 0.25) is 0 Å². The highest BCUT2D eigenvalue weighted by molar-refractivity contribution is 5.68. The van der Waals surface area contributed by atoms with Crippen molar-refractivity contribution in [2.45, 2.75) is 45.6 Å². The highest BCUT2D eigenvalue weighted by Gasteiger charge is 2.37. The number of hydrogen-bond acceptors (Lipinski definition) is 3. The van der Waals surface area contributed by atoms with Crippen LogP contribution in [0.3, 0.4) is 0 Å². The number of likely N-dealkylation sites (tertiary alicyclic amines) is 1. The largest absolute Gasteiger partial charge is 0.444 e. The average molecular weight is 344 g/mol. The summed E-state index contributed by atoms with van der Waals surface area (Å²) in [6.07, 6.45) is 3.59. The van der Waals surface area contributed by atoms with E-state index in [-0.39, 0.29) is 6.09 Å². The minimum atomic E-state index is -0.436. The Labute approximate surface area is 151 Å². The highest BCUT2D eigenvalue weighted by Crippen LogP contribution is 2.30. The van der Waals surface area contributed by atoms with Crippen molar-refractivity contribution in [3.63, 3.8) is 0 Å². The standard InChI is InChI=1S/C21H32N2O2/c1-21(2,3)25-20(24)23-14-18(11-16-7-5-4-6-8-16)19(15-23)13-22-12-17-9-10-17/h4-8,17-19,22H,9-15H2,1-3H3/t18-,19+/m1/s1. The molecule has 0 spiro atoms. The van der Waals surface area contributed by atoms with Crippen molar-refractivity contribution in [2.75, 3.05) is 26.2 Å². The van der Waals surface area contributed by atoms with E-state index in [1.54, 1.807) is 0 Å². The molecule has 1 saturated carbocycles. The van der Waals surface area contributed by atoms with Gasteiger partial charge in [-0.1, -0.05) is 30.3 Å². The Balaban J connectivity index is 1.60. The summed E-state index contributed by atoms with van der Waals surface area (Å²) < 4.78 is 5.59. The number of amides is 1. The van der Waals surface area contributed by atoms with Gasteiger partial charge < -0.3 is 15.0 Å². The topological polar surface area (TPSA) is 41.6 Å². The molecule has 0 aromatic heterocycles. The molecule has 1 saturated heterocycles. The molecule has 1 heterocycles. The summed E-state index contributed by atoms with van der Waals surface area (Å²) in [6, 6.07) is 10.6. The normalized spacial score (nSPS) is 23.7. The lowest BCUT2D eigenvalue weighted by molar-refractivity contribution is 0.0284. The first-order valence-electron chi connectivity index (χ1n) is 9.63.